The molecule has 102 valence electrons. The molecule has 0 aliphatic carbocycles. The zero-order valence-electron chi connectivity index (χ0n) is 11.4. The summed E-state index contributed by atoms with van der Waals surface area (Å²) < 4.78 is 11.3. The van der Waals surface area contributed by atoms with E-state index in [1.807, 2.05) is 13.3 Å². The molecule has 1 fully saturated rings. The second-order valence-electron chi connectivity index (χ2n) is 4.91. The molecule has 1 aromatic rings. The molecule has 0 spiro atoms. The fourth-order valence-electron chi connectivity index (χ4n) is 2.41. The standard InChI is InChI=1S/C14H24N2O2/c1-3-16(9-13-5-4-6-17-13)10-14-7-12(8-15-2)11-18-14/h7,11,13,15H,3-6,8-10H2,1-2H3. The van der Waals surface area contributed by atoms with Crippen LogP contribution in [-0.4, -0.2) is 37.7 Å². The summed E-state index contributed by atoms with van der Waals surface area (Å²) in [6.45, 7) is 6.89. The molecule has 0 radical (unpaired) electrons. The topological polar surface area (TPSA) is 37.6 Å². The Balaban J connectivity index is 1.83. The van der Waals surface area contributed by atoms with E-state index in [0.29, 0.717) is 6.10 Å². The van der Waals surface area contributed by atoms with Crippen molar-refractivity contribution in [3.8, 4) is 0 Å². The van der Waals surface area contributed by atoms with Gasteiger partial charge in [0.25, 0.3) is 0 Å². The van der Waals surface area contributed by atoms with Crippen molar-refractivity contribution in [3.05, 3.63) is 23.7 Å². The number of ether oxygens (including phenoxy) is 1. The van der Waals surface area contributed by atoms with Crippen molar-refractivity contribution < 1.29 is 9.15 Å². The minimum Gasteiger partial charge on any atom is -0.468 e. The fourth-order valence-corrected chi connectivity index (χ4v) is 2.41. The van der Waals surface area contributed by atoms with Gasteiger partial charge in [0.15, 0.2) is 0 Å². The molecule has 18 heavy (non-hydrogen) atoms. The summed E-state index contributed by atoms with van der Waals surface area (Å²) in [7, 11) is 1.95. The van der Waals surface area contributed by atoms with Crippen molar-refractivity contribution in [3.63, 3.8) is 0 Å². The molecule has 1 atom stereocenters. The van der Waals surface area contributed by atoms with Gasteiger partial charge in [0.2, 0.25) is 0 Å². The maximum atomic E-state index is 5.68. The Morgan fingerprint density at radius 2 is 2.39 bits per heavy atom. The van der Waals surface area contributed by atoms with Gasteiger partial charge < -0.3 is 14.5 Å². The molecule has 1 aromatic heterocycles. The number of nitrogens with zero attached hydrogens (tertiary/aromatic N) is 1. The minimum absolute atomic E-state index is 0.414. The van der Waals surface area contributed by atoms with Crippen LogP contribution in [0.3, 0.4) is 0 Å². The Morgan fingerprint density at radius 3 is 3.06 bits per heavy atom. The van der Waals surface area contributed by atoms with Gasteiger partial charge in [-0.2, -0.15) is 0 Å². The van der Waals surface area contributed by atoms with Gasteiger partial charge in [-0.15, -0.1) is 0 Å². The number of rotatable bonds is 7. The fraction of sp³-hybridized carbons (Fsp3) is 0.714. The Hall–Kier alpha value is -0.840. The summed E-state index contributed by atoms with van der Waals surface area (Å²) >= 11 is 0. The lowest BCUT2D eigenvalue weighted by atomic mass is 10.2. The number of nitrogens with one attached hydrogen (secondary N) is 1. The van der Waals surface area contributed by atoms with E-state index in [1.165, 1.54) is 18.4 Å². The van der Waals surface area contributed by atoms with E-state index in [9.17, 15) is 0 Å². The smallest absolute Gasteiger partial charge is 0.118 e. The number of hydrogen-bond donors (Lipinski definition) is 1. The molecule has 4 heteroatoms. The van der Waals surface area contributed by atoms with Gasteiger partial charge in [0, 0.05) is 25.3 Å². The lowest BCUT2D eigenvalue weighted by molar-refractivity contribution is 0.0703. The maximum absolute atomic E-state index is 5.68. The molecule has 1 saturated heterocycles. The average Bonchev–Trinajstić information content (AvgIpc) is 3.01. The van der Waals surface area contributed by atoms with E-state index in [0.717, 1.165) is 38.5 Å². The van der Waals surface area contributed by atoms with E-state index in [-0.39, 0.29) is 0 Å². The molecular formula is C14H24N2O2. The predicted molar refractivity (Wildman–Crippen MR) is 71.4 cm³/mol. The van der Waals surface area contributed by atoms with E-state index in [1.54, 1.807) is 0 Å². The third-order valence-corrected chi connectivity index (χ3v) is 3.40. The number of hydrogen-bond acceptors (Lipinski definition) is 4. The summed E-state index contributed by atoms with van der Waals surface area (Å²) in [6, 6.07) is 2.13. The number of furan rings is 1. The highest BCUT2D eigenvalue weighted by atomic mass is 16.5. The molecule has 1 aliphatic rings. The van der Waals surface area contributed by atoms with E-state index < -0.39 is 0 Å². The Labute approximate surface area is 109 Å². The van der Waals surface area contributed by atoms with Gasteiger partial charge in [-0.05, 0) is 32.5 Å². The van der Waals surface area contributed by atoms with Gasteiger partial charge in [0.05, 0.1) is 18.9 Å². The molecule has 0 saturated carbocycles. The molecule has 1 unspecified atom stereocenters. The van der Waals surface area contributed by atoms with Gasteiger partial charge in [-0.3, -0.25) is 4.90 Å². The van der Waals surface area contributed by atoms with Crippen molar-refractivity contribution in [2.24, 2.45) is 0 Å². The first-order valence-electron chi connectivity index (χ1n) is 6.86. The van der Waals surface area contributed by atoms with Gasteiger partial charge in [-0.1, -0.05) is 6.92 Å². The first-order valence-corrected chi connectivity index (χ1v) is 6.86. The van der Waals surface area contributed by atoms with Gasteiger partial charge in [0.1, 0.15) is 5.76 Å². The van der Waals surface area contributed by atoms with Gasteiger partial charge >= 0.3 is 0 Å². The van der Waals surface area contributed by atoms with Crippen molar-refractivity contribution in [2.75, 3.05) is 26.7 Å². The van der Waals surface area contributed by atoms with Crippen LogP contribution < -0.4 is 5.32 Å². The second-order valence-corrected chi connectivity index (χ2v) is 4.91. The lowest BCUT2D eigenvalue weighted by Gasteiger charge is -2.22. The largest absolute Gasteiger partial charge is 0.468 e. The van der Waals surface area contributed by atoms with E-state index >= 15 is 0 Å². The average molecular weight is 252 g/mol. The summed E-state index contributed by atoms with van der Waals surface area (Å²) in [4.78, 5) is 2.39. The predicted octanol–water partition coefficient (Wildman–Crippen LogP) is 2.00. The van der Waals surface area contributed by atoms with Crippen LogP contribution >= 0.6 is 0 Å². The molecule has 0 aromatic carbocycles. The van der Waals surface area contributed by atoms with Crippen molar-refractivity contribution in [2.45, 2.75) is 39.0 Å². The lowest BCUT2D eigenvalue weighted by Crippen LogP contribution is -2.31. The Bertz CT molecular complexity index is 345. The van der Waals surface area contributed by atoms with Crippen LogP contribution in [-0.2, 0) is 17.8 Å². The van der Waals surface area contributed by atoms with Crippen LogP contribution in [0.5, 0.6) is 0 Å². The molecule has 0 bridgehead atoms. The van der Waals surface area contributed by atoms with Crippen LogP contribution in [0.2, 0.25) is 0 Å². The van der Waals surface area contributed by atoms with Crippen molar-refractivity contribution >= 4 is 0 Å². The SMILES string of the molecule is CCN(Cc1cc(CNC)co1)CC1CCCO1. The second kappa shape index (κ2) is 6.92. The highest BCUT2D eigenvalue weighted by molar-refractivity contribution is 5.12. The molecule has 2 rings (SSSR count). The zero-order valence-corrected chi connectivity index (χ0v) is 11.4. The van der Waals surface area contributed by atoms with Crippen LogP contribution in [0, 0.1) is 0 Å². The van der Waals surface area contributed by atoms with Gasteiger partial charge in [-0.25, -0.2) is 0 Å². The molecule has 1 aliphatic heterocycles. The molecule has 4 nitrogen and oxygen atoms in total. The van der Waals surface area contributed by atoms with Crippen LogP contribution in [0.4, 0.5) is 0 Å². The minimum atomic E-state index is 0.414. The Morgan fingerprint density at radius 1 is 1.50 bits per heavy atom. The van der Waals surface area contributed by atoms with Crippen LogP contribution in [0.15, 0.2) is 16.7 Å². The van der Waals surface area contributed by atoms with Crippen LogP contribution in [0.25, 0.3) is 0 Å². The Kier molecular flexibility index (Phi) is 5.23. The normalized spacial score (nSPS) is 19.8. The summed E-state index contributed by atoms with van der Waals surface area (Å²) in [6.07, 6.45) is 4.65. The third kappa shape index (κ3) is 3.83. The third-order valence-electron chi connectivity index (χ3n) is 3.40. The number of likely N-dealkylation sites (N-methyl/N-ethyl adjacent to an activating group) is 1. The van der Waals surface area contributed by atoms with E-state index in [4.69, 9.17) is 9.15 Å². The highest BCUT2D eigenvalue weighted by Gasteiger charge is 2.19. The zero-order chi connectivity index (χ0) is 12.8. The maximum Gasteiger partial charge on any atom is 0.118 e. The quantitative estimate of drug-likeness (QED) is 0.805. The first kappa shape index (κ1) is 13.6. The van der Waals surface area contributed by atoms with Crippen molar-refractivity contribution in [1.29, 1.82) is 0 Å². The molecular weight excluding hydrogens is 228 g/mol. The summed E-state index contributed by atoms with van der Waals surface area (Å²) in [5.41, 5.74) is 1.21. The van der Waals surface area contributed by atoms with Crippen molar-refractivity contribution in [1.82, 2.24) is 10.2 Å². The van der Waals surface area contributed by atoms with Crippen LogP contribution in [0.1, 0.15) is 31.1 Å². The summed E-state index contributed by atoms with van der Waals surface area (Å²) in [5, 5.41) is 3.13. The first-order chi connectivity index (χ1) is 8.81. The highest BCUT2D eigenvalue weighted by Crippen LogP contribution is 2.16. The summed E-state index contributed by atoms with van der Waals surface area (Å²) in [5.74, 6) is 1.04. The molecule has 0 amide bonds. The molecule has 2 heterocycles. The molecule has 1 N–H and O–H groups in total. The monoisotopic (exact) mass is 252 g/mol. The van der Waals surface area contributed by atoms with E-state index in [2.05, 4.69) is 23.2 Å².